The Kier molecular flexibility index (Phi) is 4.70. The molecule has 0 aromatic heterocycles. The van der Waals surface area contributed by atoms with Gasteiger partial charge in [-0.05, 0) is 32.4 Å². The van der Waals surface area contributed by atoms with Crippen molar-refractivity contribution in [2.75, 3.05) is 7.05 Å². The van der Waals surface area contributed by atoms with Gasteiger partial charge in [0.1, 0.15) is 0 Å². The van der Waals surface area contributed by atoms with Crippen LogP contribution in [-0.4, -0.2) is 31.6 Å². The second kappa shape index (κ2) is 5.71. The molecule has 0 aliphatic rings. The van der Waals surface area contributed by atoms with Crippen LogP contribution in [-0.2, 0) is 10.0 Å². The van der Waals surface area contributed by atoms with E-state index in [1.165, 1.54) is 11.4 Å². The summed E-state index contributed by atoms with van der Waals surface area (Å²) in [6, 6.07) is 4.90. The van der Waals surface area contributed by atoms with E-state index < -0.39 is 10.0 Å². The molecule has 5 nitrogen and oxygen atoms in total. The number of hydrogen-bond acceptors (Lipinski definition) is 3. The lowest BCUT2D eigenvalue weighted by Gasteiger charge is -2.24. The Labute approximate surface area is 115 Å². The highest BCUT2D eigenvalue weighted by molar-refractivity contribution is 7.89. The Morgan fingerprint density at radius 3 is 2.47 bits per heavy atom. The Balaban J connectivity index is 3.13. The first-order chi connectivity index (χ1) is 8.66. The summed E-state index contributed by atoms with van der Waals surface area (Å²) in [5.41, 5.74) is 7.07. The fourth-order valence-corrected chi connectivity index (χ4v) is 3.49. The normalized spacial score (nSPS) is 13.5. The van der Waals surface area contributed by atoms with Crippen LogP contribution in [0.4, 0.5) is 0 Å². The number of aryl methyl sites for hydroxylation is 2. The van der Waals surface area contributed by atoms with Gasteiger partial charge in [-0.25, -0.2) is 8.42 Å². The van der Waals surface area contributed by atoms with Crippen LogP contribution in [0.5, 0.6) is 0 Å². The van der Waals surface area contributed by atoms with Gasteiger partial charge in [-0.1, -0.05) is 17.7 Å². The third-order valence-corrected chi connectivity index (χ3v) is 5.26. The summed E-state index contributed by atoms with van der Waals surface area (Å²) in [7, 11) is -2.03. The van der Waals surface area contributed by atoms with Crippen LogP contribution in [0.2, 0.25) is 0 Å². The molecule has 1 aromatic carbocycles. The molecule has 1 atom stereocenters. The van der Waals surface area contributed by atoms with Crippen LogP contribution in [0.1, 0.15) is 24.5 Å². The number of nitrogens with two attached hydrogens (primary N) is 1. The largest absolute Gasteiger partial charge is 0.388 e. The topological polar surface area (TPSA) is 87.2 Å². The zero-order valence-corrected chi connectivity index (χ0v) is 12.6. The number of sulfonamides is 1. The van der Waals surface area contributed by atoms with Crippen molar-refractivity contribution < 1.29 is 8.42 Å². The van der Waals surface area contributed by atoms with Gasteiger partial charge in [0.15, 0.2) is 0 Å². The number of benzene rings is 1. The van der Waals surface area contributed by atoms with Crippen LogP contribution in [0.15, 0.2) is 23.1 Å². The summed E-state index contributed by atoms with van der Waals surface area (Å²) in [5, 5.41) is 7.25. The quantitative estimate of drug-likeness (QED) is 0.636. The summed E-state index contributed by atoms with van der Waals surface area (Å²) in [6.45, 7) is 5.44. The number of nitrogens with zero attached hydrogens (tertiary/aromatic N) is 1. The highest BCUT2D eigenvalue weighted by Crippen LogP contribution is 2.22. The minimum Gasteiger partial charge on any atom is -0.388 e. The molecule has 1 aromatic rings. The average Bonchev–Trinajstić information content (AvgIpc) is 2.26. The molecule has 0 fully saturated rings. The summed E-state index contributed by atoms with van der Waals surface area (Å²) >= 11 is 0. The Morgan fingerprint density at radius 1 is 1.42 bits per heavy atom. The van der Waals surface area contributed by atoms with Crippen molar-refractivity contribution in [2.45, 2.75) is 38.1 Å². The Hall–Kier alpha value is -1.40. The smallest absolute Gasteiger partial charge is 0.243 e. The van der Waals surface area contributed by atoms with Crippen molar-refractivity contribution in [1.82, 2.24) is 4.31 Å². The fourth-order valence-electron chi connectivity index (χ4n) is 1.93. The molecule has 3 N–H and O–H groups in total. The van der Waals surface area contributed by atoms with Crippen molar-refractivity contribution in [2.24, 2.45) is 5.73 Å². The first-order valence-corrected chi connectivity index (χ1v) is 7.48. The molecule has 1 rings (SSSR count). The number of hydrogen-bond donors (Lipinski definition) is 2. The van der Waals surface area contributed by atoms with E-state index in [1.807, 2.05) is 13.0 Å². The van der Waals surface area contributed by atoms with Gasteiger partial charge >= 0.3 is 0 Å². The molecule has 0 radical (unpaired) electrons. The van der Waals surface area contributed by atoms with E-state index >= 15 is 0 Å². The molecule has 1 unspecified atom stereocenters. The predicted octanol–water partition coefficient (Wildman–Crippen LogP) is 1.64. The van der Waals surface area contributed by atoms with Crippen LogP contribution in [0, 0.1) is 19.3 Å². The summed E-state index contributed by atoms with van der Waals surface area (Å²) in [6.07, 6.45) is 0.223. The van der Waals surface area contributed by atoms with E-state index in [-0.39, 0.29) is 18.3 Å². The molecule has 0 amide bonds. The van der Waals surface area contributed by atoms with E-state index in [0.29, 0.717) is 4.90 Å². The Bertz CT molecular complexity index is 582. The van der Waals surface area contributed by atoms with Crippen molar-refractivity contribution in [3.63, 3.8) is 0 Å². The van der Waals surface area contributed by atoms with Crippen molar-refractivity contribution in [3.05, 3.63) is 29.3 Å². The maximum absolute atomic E-state index is 12.5. The average molecular weight is 283 g/mol. The van der Waals surface area contributed by atoms with Crippen molar-refractivity contribution in [1.29, 1.82) is 5.41 Å². The second-order valence-corrected chi connectivity index (χ2v) is 6.83. The second-order valence-electron chi connectivity index (χ2n) is 4.87. The predicted molar refractivity (Wildman–Crippen MR) is 76.9 cm³/mol. The van der Waals surface area contributed by atoms with Crippen molar-refractivity contribution in [3.8, 4) is 0 Å². The van der Waals surface area contributed by atoms with Crippen LogP contribution in [0.25, 0.3) is 0 Å². The SMILES string of the molecule is Cc1ccc(S(=O)(=O)N(C)C(C)CC(=N)N)c(C)c1. The van der Waals surface area contributed by atoms with Gasteiger partial charge in [0.2, 0.25) is 10.0 Å². The van der Waals surface area contributed by atoms with Crippen LogP contribution in [0.3, 0.4) is 0 Å². The molecule has 106 valence electrons. The minimum atomic E-state index is -3.55. The molecule has 0 saturated heterocycles. The highest BCUT2D eigenvalue weighted by atomic mass is 32.2. The lowest BCUT2D eigenvalue weighted by Crippen LogP contribution is -2.37. The molecular weight excluding hydrogens is 262 g/mol. The van der Waals surface area contributed by atoms with Gasteiger partial charge in [0.25, 0.3) is 0 Å². The van der Waals surface area contributed by atoms with Gasteiger partial charge in [-0.3, -0.25) is 5.41 Å². The van der Waals surface area contributed by atoms with E-state index in [9.17, 15) is 8.42 Å². The van der Waals surface area contributed by atoms with Crippen LogP contribution >= 0.6 is 0 Å². The monoisotopic (exact) mass is 283 g/mol. The standard InChI is InChI=1S/C13H21N3O2S/c1-9-5-6-12(10(2)7-9)19(17,18)16(4)11(3)8-13(14)15/h5-7,11H,8H2,1-4H3,(H3,14,15). The molecule has 0 saturated carbocycles. The van der Waals surface area contributed by atoms with Gasteiger partial charge in [0.05, 0.1) is 10.7 Å². The number of nitrogens with one attached hydrogen (secondary N) is 1. The van der Waals surface area contributed by atoms with E-state index in [4.69, 9.17) is 11.1 Å². The molecule has 6 heteroatoms. The fraction of sp³-hybridized carbons (Fsp3) is 0.462. The van der Waals surface area contributed by atoms with E-state index in [0.717, 1.165) is 11.1 Å². The molecule has 0 aliphatic heterocycles. The first-order valence-electron chi connectivity index (χ1n) is 6.04. The number of amidine groups is 1. The van der Waals surface area contributed by atoms with Crippen molar-refractivity contribution >= 4 is 15.9 Å². The molecule has 19 heavy (non-hydrogen) atoms. The highest BCUT2D eigenvalue weighted by Gasteiger charge is 2.26. The minimum absolute atomic E-state index is 0.0184. The lowest BCUT2D eigenvalue weighted by molar-refractivity contribution is 0.395. The molecule has 0 aliphatic carbocycles. The number of rotatable bonds is 5. The van der Waals surface area contributed by atoms with E-state index in [1.54, 1.807) is 26.0 Å². The van der Waals surface area contributed by atoms with Gasteiger partial charge in [0, 0.05) is 19.5 Å². The van der Waals surface area contributed by atoms with Crippen LogP contribution < -0.4 is 5.73 Å². The molecule has 0 heterocycles. The summed E-state index contributed by atoms with van der Waals surface area (Å²) in [4.78, 5) is 0.302. The summed E-state index contributed by atoms with van der Waals surface area (Å²) < 4.78 is 26.3. The van der Waals surface area contributed by atoms with Gasteiger partial charge < -0.3 is 5.73 Å². The lowest BCUT2D eigenvalue weighted by atomic mass is 10.2. The third kappa shape index (κ3) is 3.54. The molecule has 0 bridgehead atoms. The maximum Gasteiger partial charge on any atom is 0.243 e. The Morgan fingerprint density at radius 2 is 2.00 bits per heavy atom. The first kappa shape index (κ1) is 15.7. The van der Waals surface area contributed by atoms with E-state index in [2.05, 4.69) is 0 Å². The molecular formula is C13H21N3O2S. The zero-order chi connectivity index (χ0) is 14.8. The zero-order valence-electron chi connectivity index (χ0n) is 11.8. The summed E-state index contributed by atoms with van der Waals surface area (Å²) in [5.74, 6) is -0.0184. The molecule has 0 spiro atoms. The van der Waals surface area contributed by atoms with Gasteiger partial charge in [-0.2, -0.15) is 4.31 Å². The van der Waals surface area contributed by atoms with Gasteiger partial charge in [-0.15, -0.1) is 0 Å². The maximum atomic E-state index is 12.5. The third-order valence-electron chi connectivity index (χ3n) is 3.12.